The Hall–Kier alpha value is -2.54. The van der Waals surface area contributed by atoms with E-state index in [9.17, 15) is 13.2 Å². The lowest BCUT2D eigenvalue weighted by Crippen LogP contribution is -2.41. The van der Waals surface area contributed by atoms with Gasteiger partial charge in [-0.3, -0.25) is 9.10 Å². The molecular weight excluding hydrogens is 398 g/mol. The van der Waals surface area contributed by atoms with Crippen LogP contribution in [0.25, 0.3) is 0 Å². The van der Waals surface area contributed by atoms with E-state index >= 15 is 0 Å². The lowest BCUT2D eigenvalue weighted by atomic mass is 9.99. The number of sulfonamides is 1. The van der Waals surface area contributed by atoms with Crippen molar-refractivity contribution in [2.75, 3.05) is 35.1 Å². The zero-order chi connectivity index (χ0) is 21.7. The molecule has 0 aromatic heterocycles. The maximum Gasteiger partial charge on any atom is 0.241 e. The second-order valence-electron chi connectivity index (χ2n) is 8.18. The third-order valence-electron chi connectivity index (χ3n) is 5.52. The number of nitrogens with zero attached hydrogens (tertiary/aromatic N) is 2. The molecule has 30 heavy (non-hydrogen) atoms. The van der Waals surface area contributed by atoms with Gasteiger partial charge in [0.2, 0.25) is 15.9 Å². The highest BCUT2D eigenvalue weighted by molar-refractivity contribution is 7.92. The van der Waals surface area contributed by atoms with E-state index in [-0.39, 0.29) is 18.5 Å². The van der Waals surface area contributed by atoms with Gasteiger partial charge in [0.05, 0.1) is 18.0 Å². The fourth-order valence-electron chi connectivity index (χ4n) is 3.89. The van der Waals surface area contributed by atoms with Crippen molar-refractivity contribution in [2.45, 2.75) is 32.7 Å². The zero-order valence-electron chi connectivity index (χ0n) is 17.9. The molecule has 7 heteroatoms. The summed E-state index contributed by atoms with van der Waals surface area (Å²) in [5, 5.41) is 2.92. The smallest absolute Gasteiger partial charge is 0.241 e. The first kappa shape index (κ1) is 22.2. The quantitative estimate of drug-likeness (QED) is 0.731. The summed E-state index contributed by atoms with van der Waals surface area (Å²) in [7, 11) is -3.57. The van der Waals surface area contributed by atoms with Crippen molar-refractivity contribution in [2.24, 2.45) is 5.92 Å². The van der Waals surface area contributed by atoms with E-state index < -0.39 is 10.0 Å². The van der Waals surface area contributed by atoms with E-state index in [0.717, 1.165) is 29.2 Å². The van der Waals surface area contributed by atoms with Crippen LogP contribution in [0.2, 0.25) is 0 Å². The minimum absolute atomic E-state index is 0.219. The van der Waals surface area contributed by atoms with E-state index in [1.807, 2.05) is 19.1 Å². The van der Waals surface area contributed by atoms with Crippen LogP contribution in [0.15, 0.2) is 54.6 Å². The van der Waals surface area contributed by atoms with Gasteiger partial charge < -0.3 is 10.2 Å². The number of amides is 1. The standard InChI is InChI=1S/C23H31N3O3S/c1-18-8-7-15-25(16-18)21-13-11-20(12-14-21)19(2)24-23(27)17-26(30(3,28)29)22-9-5-4-6-10-22/h4-6,9-14,18-19H,7-8,15-17H2,1-3H3,(H,24,27). The summed E-state index contributed by atoms with van der Waals surface area (Å²) >= 11 is 0. The summed E-state index contributed by atoms with van der Waals surface area (Å²) < 4.78 is 25.5. The summed E-state index contributed by atoms with van der Waals surface area (Å²) in [5.74, 6) is 0.366. The van der Waals surface area contributed by atoms with Crippen molar-refractivity contribution in [3.05, 3.63) is 60.2 Å². The monoisotopic (exact) mass is 429 g/mol. The molecule has 0 aliphatic carbocycles. The zero-order valence-corrected chi connectivity index (χ0v) is 18.7. The fourth-order valence-corrected chi connectivity index (χ4v) is 4.75. The topological polar surface area (TPSA) is 69.7 Å². The number of anilines is 2. The van der Waals surface area contributed by atoms with E-state index in [4.69, 9.17) is 0 Å². The second kappa shape index (κ2) is 9.51. The van der Waals surface area contributed by atoms with Gasteiger partial charge in [0.1, 0.15) is 6.54 Å². The Morgan fingerprint density at radius 3 is 2.43 bits per heavy atom. The number of carbonyl (C=O) groups excluding carboxylic acids is 1. The molecule has 1 amide bonds. The first-order valence-electron chi connectivity index (χ1n) is 10.4. The van der Waals surface area contributed by atoms with Crippen molar-refractivity contribution < 1.29 is 13.2 Å². The predicted octanol–water partition coefficient (Wildman–Crippen LogP) is 3.57. The third-order valence-corrected chi connectivity index (χ3v) is 6.67. The van der Waals surface area contributed by atoms with Crippen LogP contribution >= 0.6 is 0 Å². The minimum Gasteiger partial charge on any atom is -0.371 e. The molecule has 162 valence electrons. The van der Waals surface area contributed by atoms with Crippen molar-refractivity contribution in [1.29, 1.82) is 0 Å². The number of hydrogen-bond donors (Lipinski definition) is 1. The molecule has 1 aliphatic heterocycles. The molecule has 2 unspecified atom stereocenters. The van der Waals surface area contributed by atoms with E-state index in [1.165, 1.54) is 18.5 Å². The molecule has 0 saturated carbocycles. The Morgan fingerprint density at radius 2 is 1.83 bits per heavy atom. The number of piperidine rings is 1. The summed E-state index contributed by atoms with van der Waals surface area (Å²) in [5.41, 5.74) is 2.67. The lowest BCUT2D eigenvalue weighted by Gasteiger charge is -2.33. The molecule has 1 N–H and O–H groups in total. The molecule has 0 radical (unpaired) electrons. The van der Waals surface area contributed by atoms with Gasteiger partial charge in [-0.15, -0.1) is 0 Å². The Bertz CT molecular complexity index is 945. The summed E-state index contributed by atoms with van der Waals surface area (Å²) in [6.07, 6.45) is 3.61. The summed E-state index contributed by atoms with van der Waals surface area (Å²) in [4.78, 5) is 15.0. The van der Waals surface area contributed by atoms with Crippen LogP contribution in [0.3, 0.4) is 0 Å². The Balaban J connectivity index is 1.63. The third kappa shape index (κ3) is 5.75. The van der Waals surface area contributed by atoms with Crippen LogP contribution in [-0.4, -0.2) is 40.2 Å². The molecule has 1 heterocycles. The van der Waals surface area contributed by atoms with Gasteiger partial charge in [-0.2, -0.15) is 0 Å². The van der Waals surface area contributed by atoms with Crippen LogP contribution in [0, 0.1) is 5.92 Å². The molecule has 3 rings (SSSR count). The molecule has 1 saturated heterocycles. The molecule has 1 fully saturated rings. The van der Waals surface area contributed by atoms with E-state index in [1.54, 1.807) is 30.3 Å². The van der Waals surface area contributed by atoms with Gasteiger partial charge in [-0.25, -0.2) is 8.42 Å². The Morgan fingerprint density at radius 1 is 1.17 bits per heavy atom. The van der Waals surface area contributed by atoms with Gasteiger partial charge in [0.25, 0.3) is 0 Å². The number of nitrogens with one attached hydrogen (secondary N) is 1. The normalized spacial score (nSPS) is 18.0. The minimum atomic E-state index is -3.57. The van der Waals surface area contributed by atoms with Gasteiger partial charge in [-0.05, 0) is 55.5 Å². The maximum absolute atomic E-state index is 12.6. The van der Waals surface area contributed by atoms with Crippen LogP contribution in [-0.2, 0) is 14.8 Å². The van der Waals surface area contributed by atoms with E-state index in [0.29, 0.717) is 11.6 Å². The van der Waals surface area contributed by atoms with Gasteiger partial charge in [0, 0.05) is 18.8 Å². The fraction of sp³-hybridized carbons (Fsp3) is 0.435. The molecule has 2 aromatic carbocycles. The molecule has 1 aliphatic rings. The van der Waals surface area contributed by atoms with Crippen molar-refractivity contribution >= 4 is 27.3 Å². The SMILES string of the molecule is CC1CCCN(c2ccc(C(C)NC(=O)CN(c3ccccc3)S(C)(=O)=O)cc2)C1. The number of para-hydroxylation sites is 1. The van der Waals surface area contributed by atoms with Crippen LogP contribution in [0.1, 0.15) is 38.3 Å². The highest BCUT2D eigenvalue weighted by atomic mass is 32.2. The number of carbonyl (C=O) groups is 1. The molecule has 2 aromatic rings. The molecule has 0 bridgehead atoms. The number of rotatable bonds is 7. The van der Waals surface area contributed by atoms with Crippen molar-refractivity contribution in [1.82, 2.24) is 5.32 Å². The first-order chi connectivity index (χ1) is 14.2. The molecule has 0 spiro atoms. The average molecular weight is 430 g/mol. The van der Waals surface area contributed by atoms with E-state index in [2.05, 4.69) is 29.3 Å². The molecule has 2 atom stereocenters. The second-order valence-corrected chi connectivity index (χ2v) is 10.1. The van der Waals surface area contributed by atoms with Crippen LogP contribution in [0.5, 0.6) is 0 Å². The van der Waals surface area contributed by atoms with Gasteiger partial charge >= 0.3 is 0 Å². The highest BCUT2D eigenvalue weighted by Crippen LogP contribution is 2.25. The molecular formula is C23H31N3O3S. The van der Waals surface area contributed by atoms with Crippen molar-refractivity contribution in [3.63, 3.8) is 0 Å². The van der Waals surface area contributed by atoms with Gasteiger partial charge in [0.15, 0.2) is 0 Å². The van der Waals surface area contributed by atoms with Crippen LogP contribution < -0.4 is 14.5 Å². The lowest BCUT2D eigenvalue weighted by molar-refractivity contribution is -0.120. The molecule has 6 nitrogen and oxygen atoms in total. The number of hydrogen-bond acceptors (Lipinski definition) is 4. The summed E-state index contributed by atoms with van der Waals surface area (Å²) in [6, 6.07) is 16.7. The highest BCUT2D eigenvalue weighted by Gasteiger charge is 2.22. The largest absolute Gasteiger partial charge is 0.371 e. The first-order valence-corrected chi connectivity index (χ1v) is 12.3. The predicted molar refractivity (Wildman–Crippen MR) is 122 cm³/mol. The van der Waals surface area contributed by atoms with Crippen LogP contribution in [0.4, 0.5) is 11.4 Å². The van der Waals surface area contributed by atoms with Crippen molar-refractivity contribution in [3.8, 4) is 0 Å². The maximum atomic E-state index is 12.6. The average Bonchev–Trinajstić information content (AvgIpc) is 2.72. The van der Waals surface area contributed by atoms with Gasteiger partial charge in [-0.1, -0.05) is 37.3 Å². The Labute approximate surface area is 179 Å². The number of benzene rings is 2. The summed E-state index contributed by atoms with van der Waals surface area (Å²) in [6.45, 7) is 6.09. The Kier molecular flexibility index (Phi) is 7.02.